The molecule has 0 radical (unpaired) electrons. The predicted molar refractivity (Wildman–Crippen MR) is 76.4 cm³/mol. The van der Waals surface area contributed by atoms with Crippen LogP contribution >= 0.6 is 0 Å². The highest BCUT2D eigenvalue weighted by molar-refractivity contribution is 5.43. The van der Waals surface area contributed by atoms with Crippen molar-refractivity contribution >= 4 is 5.82 Å². The topological polar surface area (TPSA) is 68.5 Å². The molecule has 1 N–H and O–H groups in total. The summed E-state index contributed by atoms with van der Waals surface area (Å²) in [7, 11) is 0. The average molecular weight is 272 g/mol. The summed E-state index contributed by atoms with van der Waals surface area (Å²) in [4.78, 5) is 8.78. The second-order valence-corrected chi connectivity index (χ2v) is 5.18. The van der Waals surface area contributed by atoms with Gasteiger partial charge in [-0.2, -0.15) is 0 Å². The van der Waals surface area contributed by atoms with Crippen LogP contribution in [0, 0.1) is 6.92 Å². The van der Waals surface area contributed by atoms with E-state index in [1.165, 1.54) is 12.0 Å². The molecule has 0 aromatic carbocycles. The van der Waals surface area contributed by atoms with Gasteiger partial charge in [0.05, 0.1) is 6.54 Å². The van der Waals surface area contributed by atoms with Crippen LogP contribution in [-0.2, 0) is 25.9 Å². The average Bonchev–Trinajstić information content (AvgIpc) is 3.03. The molecule has 6 heteroatoms. The number of rotatable bonds is 5. The van der Waals surface area contributed by atoms with Crippen molar-refractivity contribution in [2.45, 2.75) is 52.6 Å². The van der Waals surface area contributed by atoms with Gasteiger partial charge in [-0.05, 0) is 19.8 Å². The van der Waals surface area contributed by atoms with Crippen LogP contribution in [0.1, 0.15) is 42.8 Å². The molecule has 0 saturated carbocycles. The largest absolute Gasteiger partial charge is 0.362 e. The van der Waals surface area contributed by atoms with Gasteiger partial charge in [0.15, 0.2) is 5.82 Å². The molecule has 0 spiro atoms. The third-order valence-corrected chi connectivity index (χ3v) is 3.60. The Kier molecular flexibility index (Phi) is 3.62. The van der Waals surface area contributed by atoms with Crippen LogP contribution in [0.5, 0.6) is 0 Å². The fraction of sp³-hybridized carbons (Fsp3) is 0.571. The van der Waals surface area contributed by atoms with E-state index in [0.29, 0.717) is 6.54 Å². The molecular formula is C14H20N6. The van der Waals surface area contributed by atoms with E-state index >= 15 is 0 Å². The lowest BCUT2D eigenvalue weighted by Crippen LogP contribution is -2.11. The number of hydrogen-bond acceptors (Lipinski definition) is 5. The fourth-order valence-corrected chi connectivity index (χ4v) is 2.60. The summed E-state index contributed by atoms with van der Waals surface area (Å²) in [6, 6.07) is 0. The second kappa shape index (κ2) is 5.56. The summed E-state index contributed by atoms with van der Waals surface area (Å²) >= 11 is 0. The molecule has 0 saturated heterocycles. The third kappa shape index (κ3) is 2.50. The molecule has 3 heterocycles. The monoisotopic (exact) mass is 272 g/mol. The van der Waals surface area contributed by atoms with E-state index in [4.69, 9.17) is 0 Å². The molecule has 1 aliphatic rings. The van der Waals surface area contributed by atoms with Gasteiger partial charge in [0.1, 0.15) is 17.5 Å². The fourth-order valence-electron chi connectivity index (χ4n) is 2.60. The van der Waals surface area contributed by atoms with Crippen molar-refractivity contribution in [1.82, 2.24) is 24.7 Å². The molecule has 0 unspecified atom stereocenters. The summed E-state index contributed by atoms with van der Waals surface area (Å²) in [6.45, 7) is 5.77. The predicted octanol–water partition coefficient (Wildman–Crippen LogP) is 1.89. The molecule has 0 bridgehead atoms. The van der Waals surface area contributed by atoms with Gasteiger partial charge in [0.2, 0.25) is 0 Å². The first kappa shape index (κ1) is 13.0. The maximum atomic E-state index is 4.51. The molecule has 3 rings (SSSR count). The van der Waals surface area contributed by atoms with Crippen LogP contribution in [0.15, 0.2) is 6.20 Å². The zero-order valence-corrected chi connectivity index (χ0v) is 12.1. The minimum atomic E-state index is 0.667. The number of aryl methyl sites for hydroxylation is 3. The van der Waals surface area contributed by atoms with Crippen molar-refractivity contribution in [3.05, 3.63) is 29.2 Å². The summed E-state index contributed by atoms with van der Waals surface area (Å²) in [5.74, 6) is 3.82. The van der Waals surface area contributed by atoms with Gasteiger partial charge in [0, 0.05) is 24.7 Å². The summed E-state index contributed by atoms with van der Waals surface area (Å²) in [5, 5.41) is 11.9. The highest BCUT2D eigenvalue weighted by Crippen LogP contribution is 2.17. The maximum Gasteiger partial charge on any atom is 0.152 e. The number of fused-ring (bicyclic) bond motifs is 1. The van der Waals surface area contributed by atoms with Crippen molar-refractivity contribution in [2.24, 2.45) is 0 Å². The summed E-state index contributed by atoms with van der Waals surface area (Å²) < 4.78 is 2.21. The zero-order valence-electron chi connectivity index (χ0n) is 12.1. The van der Waals surface area contributed by atoms with Crippen molar-refractivity contribution in [1.29, 1.82) is 0 Å². The van der Waals surface area contributed by atoms with Gasteiger partial charge in [0.25, 0.3) is 0 Å². The van der Waals surface area contributed by atoms with Crippen molar-refractivity contribution in [2.75, 3.05) is 5.32 Å². The standard InChI is InChI=1S/C14H20N6/c1-3-5-11-8-15-10(2)17-14(11)16-9-13-19-18-12-6-4-7-20(12)13/h8H,3-7,9H2,1-2H3,(H,15,16,17). The quantitative estimate of drug-likeness (QED) is 0.900. The van der Waals surface area contributed by atoms with E-state index in [-0.39, 0.29) is 0 Å². The van der Waals surface area contributed by atoms with Crippen molar-refractivity contribution in [3.8, 4) is 0 Å². The van der Waals surface area contributed by atoms with Gasteiger partial charge in [-0.25, -0.2) is 9.97 Å². The van der Waals surface area contributed by atoms with Gasteiger partial charge in [-0.15, -0.1) is 10.2 Å². The molecule has 1 aliphatic heterocycles. The lowest BCUT2D eigenvalue weighted by atomic mass is 10.2. The minimum absolute atomic E-state index is 0.667. The normalized spacial score (nSPS) is 13.5. The molecule has 0 aliphatic carbocycles. The SMILES string of the molecule is CCCc1cnc(C)nc1NCc1nnc2n1CCC2. The Labute approximate surface area is 118 Å². The molecular weight excluding hydrogens is 252 g/mol. The molecule has 0 atom stereocenters. The Morgan fingerprint density at radius 1 is 1.35 bits per heavy atom. The van der Waals surface area contributed by atoms with E-state index in [9.17, 15) is 0 Å². The van der Waals surface area contributed by atoms with Crippen molar-refractivity contribution in [3.63, 3.8) is 0 Å². The minimum Gasteiger partial charge on any atom is -0.362 e. The van der Waals surface area contributed by atoms with Crippen LogP contribution in [0.3, 0.4) is 0 Å². The maximum absolute atomic E-state index is 4.51. The Balaban J connectivity index is 1.75. The zero-order chi connectivity index (χ0) is 13.9. The number of aromatic nitrogens is 5. The second-order valence-electron chi connectivity index (χ2n) is 5.18. The molecule has 0 amide bonds. The number of nitrogens with zero attached hydrogens (tertiary/aromatic N) is 5. The van der Waals surface area contributed by atoms with Gasteiger partial charge >= 0.3 is 0 Å². The first-order chi connectivity index (χ1) is 9.78. The van der Waals surface area contributed by atoms with Crippen LogP contribution in [-0.4, -0.2) is 24.7 Å². The number of nitrogens with one attached hydrogen (secondary N) is 1. The Morgan fingerprint density at radius 2 is 2.25 bits per heavy atom. The lowest BCUT2D eigenvalue weighted by molar-refractivity contribution is 0.694. The van der Waals surface area contributed by atoms with Gasteiger partial charge in [-0.1, -0.05) is 13.3 Å². The lowest BCUT2D eigenvalue weighted by Gasteiger charge is -2.10. The first-order valence-corrected chi connectivity index (χ1v) is 7.25. The molecule has 2 aromatic rings. The van der Waals surface area contributed by atoms with E-state index < -0.39 is 0 Å². The Morgan fingerprint density at radius 3 is 3.10 bits per heavy atom. The Hall–Kier alpha value is -1.98. The first-order valence-electron chi connectivity index (χ1n) is 7.25. The van der Waals surface area contributed by atoms with Gasteiger partial charge in [-0.3, -0.25) is 0 Å². The number of anilines is 1. The molecule has 106 valence electrons. The van der Waals surface area contributed by atoms with E-state index in [0.717, 1.165) is 49.1 Å². The molecule has 20 heavy (non-hydrogen) atoms. The Bertz CT molecular complexity index is 604. The van der Waals surface area contributed by atoms with Crippen LogP contribution < -0.4 is 5.32 Å². The van der Waals surface area contributed by atoms with Crippen LogP contribution in [0.25, 0.3) is 0 Å². The van der Waals surface area contributed by atoms with E-state index in [1.54, 1.807) is 0 Å². The van der Waals surface area contributed by atoms with E-state index in [2.05, 4.69) is 37.0 Å². The smallest absolute Gasteiger partial charge is 0.152 e. The van der Waals surface area contributed by atoms with Crippen LogP contribution in [0.2, 0.25) is 0 Å². The third-order valence-electron chi connectivity index (χ3n) is 3.60. The van der Waals surface area contributed by atoms with Crippen molar-refractivity contribution < 1.29 is 0 Å². The molecule has 0 fully saturated rings. The highest BCUT2D eigenvalue weighted by atomic mass is 15.3. The molecule has 6 nitrogen and oxygen atoms in total. The van der Waals surface area contributed by atoms with Gasteiger partial charge < -0.3 is 9.88 Å². The molecule has 2 aromatic heterocycles. The number of hydrogen-bond donors (Lipinski definition) is 1. The van der Waals surface area contributed by atoms with E-state index in [1.807, 2.05) is 13.1 Å². The summed E-state index contributed by atoms with van der Waals surface area (Å²) in [6.07, 6.45) is 6.21. The summed E-state index contributed by atoms with van der Waals surface area (Å²) in [5.41, 5.74) is 1.17. The van der Waals surface area contributed by atoms with Crippen LogP contribution in [0.4, 0.5) is 5.82 Å². The highest BCUT2D eigenvalue weighted by Gasteiger charge is 2.17.